The van der Waals surface area contributed by atoms with Crippen molar-refractivity contribution in [3.63, 3.8) is 0 Å². The molecule has 5 rings (SSSR count). The molecule has 0 aromatic heterocycles. The predicted octanol–water partition coefficient (Wildman–Crippen LogP) is 5.76. The van der Waals surface area contributed by atoms with Gasteiger partial charge in [-0.2, -0.15) is 0 Å². The summed E-state index contributed by atoms with van der Waals surface area (Å²) in [6.07, 6.45) is 18.4. The normalized spacial score (nSPS) is 27.6. The number of para-hydroxylation sites is 2. The first-order chi connectivity index (χ1) is 18.4. The van der Waals surface area contributed by atoms with E-state index in [4.69, 9.17) is 4.74 Å². The second-order valence-corrected chi connectivity index (χ2v) is 11.8. The third-order valence-electron chi connectivity index (χ3n) is 8.75. The van der Waals surface area contributed by atoms with Crippen LogP contribution in [0.25, 0.3) is 0 Å². The predicted molar refractivity (Wildman–Crippen MR) is 152 cm³/mol. The Morgan fingerprint density at radius 3 is 2.68 bits per heavy atom. The quantitative estimate of drug-likeness (QED) is 0.467. The number of hydrogen-bond acceptors (Lipinski definition) is 4. The maximum Gasteiger partial charge on any atom is 0.293 e. The van der Waals surface area contributed by atoms with E-state index in [2.05, 4.69) is 24.1 Å². The van der Waals surface area contributed by atoms with E-state index in [1.54, 1.807) is 0 Å². The average molecular weight is 518 g/mol. The molecule has 1 aromatic carbocycles. The molecule has 2 aliphatic carbocycles. The number of anilines is 1. The van der Waals surface area contributed by atoms with Gasteiger partial charge in [-0.15, -0.1) is 0 Å². The Kier molecular flexibility index (Phi) is 8.37. The van der Waals surface area contributed by atoms with Gasteiger partial charge in [0.05, 0.1) is 5.69 Å². The van der Waals surface area contributed by atoms with Crippen LogP contribution in [0.1, 0.15) is 71.6 Å². The van der Waals surface area contributed by atoms with Crippen molar-refractivity contribution < 1.29 is 14.3 Å². The molecule has 6 nitrogen and oxygen atoms in total. The van der Waals surface area contributed by atoms with Gasteiger partial charge in [-0.25, -0.2) is 0 Å². The molecule has 2 fully saturated rings. The van der Waals surface area contributed by atoms with E-state index in [0.29, 0.717) is 36.3 Å². The number of likely N-dealkylation sites (tertiary alicyclic amines) is 1. The summed E-state index contributed by atoms with van der Waals surface area (Å²) in [4.78, 5) is 30.8. The first-order valence-electron chi connectivity index (χ1n) is 14.7. The fourth-order valence-electron chi connectivity index (χ4n) is 6.30. The van der Waals surface area contributed by atoms with Gasteiger partial charge in [0.2, 0.25) is 0 Å². The van der Waals surface area contributed by atoms with Crippen LogP contribution in [-0.2, 0) is 9.59 Å². The van der Waals surface area contributed by atoms with Gasteiger partial charge in [-0.05, 0) is 69.7 Å². The fraction of sp³-hybridized carbons (Fsp3) is 0.562. The van der Waals surface area contributed by atoms with Gasteiger partial charge in [-0.1, -0.05) is 63.0 Å². The molecule has 38 heavy (non-hydrogen) atoms. The topological polar surface area (TPSA) is 61.9 Å². The fourth-order valence-corrected chi connectivity index (χ4v) is 6.30. The Balaban J connectivity index is 1.23. The lowest BCUT2D eigenvalue weighted by molar-refractivity contribution is -0.118. The summed E-state index contributed by atoms with van der Waals surface area (Å²) in [5.74, 6) is 1.55. The minimum atomic E-state index is -0.402. The molecule has 1 aromatic rings. The minimum absolute atomic E-state index is 0.0295. The maximum atomic E-state index is 13.6. The highest BCUT2D eigenvalue weighted by atomic mass is 16.5. The molecule has 0 radical (unpaired) electrons. The van der Waals surface area contributed by atoms with Crippen LogP contribution in [0.4, 0.5) is 5.69 Å². The second kappa shape index (κ2) is 11.9. The zero-order valence-electron chi connectivity index (χ0n) is 23.1. The standard InChI is InChI=1S/C32H43N3O3/c1-24-10-8-9-20-34(24)21-19-33-30(36)26-15-17-32(2,18-16-26)22-29-31(37)35(23-25-11-4-3-5-12-25)27-13-6-7-14-28(27)38-29/h6-7,13-17,22,24-25H,3-5,8-12,18-21,23H2,1-2H3,(H,33,36)/b29-22-. The first kappa shape index (κ1) is 26.7. The van der Waals surface area contributed by atoms with Crippen molar-refractivity contribution in [1.29, 1.82) is 0 Å². The van der Waals surface area contributed by atoms with Crippen LogP contribution in [0.3, 0.4) is 0 Å². The van der Waals surface area contributed by atoms with Crippen LogP contribution < -0.4 is 15.0 Å². The average Bonchev–Trinajstić information content (AvgIpc) is 2.93. The largest absolute Gasteiger partial charge is 0.450 e. The summed E-state index contributed by atoms with van der Waals surface area (Å²) in [7, 11) is 0. The molecule has 6 heteroatoms. The molecule has 0 bridgehead atoms. The molecule has 4 aliphatic rings. The van der Waals surface area contributed by atoms with E-state index >= 15 is 0 Å². The third-order valence-corrected chi connectivity index (χ3v) is 8.75. The van der Waals surface area contributed by atoms with Crippen LogP contribution in [0.5, 0.6) is 5.75 Å². The number of nitrogens with one attached hydrogen (secondary N) is 1. The number of allylic oxidation sites excluding steroid dienone is 3. The lowest BCUT2D eigenvalue weighted by Gasteiger charge is -2.35. The van der Waals surface area contributed by atoms with E-state index in [9.17, 15) is 9.59 Å². The Bertz CT molecular complexity index is 1120. The molecule has 2 atom stereocenters. The number of nitrogens with zero attached hydrogens (tertiary/aromatic N) is 2. The molecule has 2 unspecified atom stereocenters. The molecular formula is C32H43N3O3. The number of amides is 2. The monoisotopic (exact) mass is 517 g/mol. The lowest BCUT2D eigenvalue weighted by atomic mass is 9.81. The lowest BCUT2D eigenvalue weighted by Crippen LogP contribution is -2.42. The van der Waals surface area contributed by atoms with Crippen molar-refractivity contribution in [1.82, 2.24) is 10.2 Å². The van der Waals surface area contributed by atoms with Crippen molar-refractivity contribution in [2.75, 3.05) is 31.1 Å². The van der Waals surface area contributed by atoms with E-state index in [1.807, 2.05) is 53.5 Å². The van der Waals surface area contributed by atoms with Crippen LogP contribution in [-0.4, -0.2) is 48.9 Å². The van der Waals surface area contributed by atoms with Crippen molar-refractivity contribution in [2.45, 2.75) is 77.7 Å². The molecule has 204 valence electrons. The van der Waals surface area contributed by atoms with E-state index in [-0.39, 0.29) is 11.8 Å². The molecule has 1 saturated heterocycles. The smallest absolute Gasteiger partial charge is 0.293 e. The van der Waals surface area contributed by atoms with Crippen molar-refractivity contribution in [2.24, 2.45) is 11.3 Å². The van der Waals surface area contributed by atoms with E-state index in [1.165, 1.54) is 51.4 Å². The van der Waals surface area contributed by atoms with Gasteiger partial charge in [-0.3, -0.25) is 14.5 Å². The van der Waals surface area contributed by atoms with Gasteiger partial charge < -0.3 is 15.0 Å². The van der Waals surface area contributed by atoms with Crippen LogP contribution in [0.2, 0.25) is 0 Å². The zero-order valence-corrected chi connectivity index (χ0v) is 23.1. The SMILES string of the molecule is CC1CCCCN1CCNC(=O)C1=CCC(C)(/C=C2\Oc3ccccc3N(CC3CCCCC3)C2=O)C=C1. The van der Waals surface area contributed by atoms with Crippen LogP contribution in [0.15, 0.2) is 59.9 Å². The highest BCUT2D eigenvalue weighted by Gasteiger charge is 2.34. The summed E-state index contributed by atoms with van der Waals surface area (Å²) < 4.78 is 6.16. The number of fused-ring (bicyclic) bond motifs is 1. The summed E-state index contributed by atoms with van der Waals surface area (Å²) in [5.41, 5.74) is 1.15. The summed E-state index contributed by atoms with van der Waals surface area (Å²) in [5, 5.41) is 3.09. The summed E-state index contributed by atoms with van der Waals surface area (Å²) in [6.45, 7) is 7.78. The number of carbonyl (C=O) groups excluding carboxylic acids is 2. The summed E-state index contributed by atoms with van der Waals surface area (Å²) in [6, 6.07) is 8.43. The number of carbonyl (C=O) groups is 2. The molecule has 2 amide bonds. The van der Waals surface area contributed by atoms with Gasteiger partial charge in [0.25, 0.3) is 11.8 Å². The number of benzene rings is 1. The maximum absolute atomic E-state index is 13.6. The van der Waals surface area contributed by atoms with Gasteiger partial charge in [0.15, 0.2) is 11.5 Å². The van der Waals surface area contributed by atoms with E-state index < -0.39 is 5.41 Å². The first-order valence-corrected chi connectivity index (χ1v) is 14.7. The van der Waals surface area contributed by atoms with Gasteiger partial charge >= 0.3 is 0 Å². The molecule has 1 saturated carbocycles. The summed E-state index contributed by atoms with van der Waals surface area (Å²) >= 11 is 0. The Morgan fingerprint density at radius 2 is 1.92 bits per heavy atom. The van der Waals surface area contributed by atoms with Crippen molar-refractivity contribution in [3.05, 3.63) is 59.9 Å². The molecular weight excluding hydrogens is 474 g/mol. The molecule has 1 N–H and O–H groups in total. The minimum Gasteiger partial charge on any atom is -0.450 e. The Morgan fingerprint density at radius 1 is 1.13 bits per heavy atom. The zero-order chi connectivity index (χ0) is 26.5. The number of hydrogen-bond donors (Lipinski definition) is 1. The third kappa shape index (κ3) is 6.23. The number of rotatable bonds is 7. The number of piperidine rings is 1. The molecule has 0 spiro atoms. The molecule has 2 heterocycles. The second-order valence-electron chi connectivity index (χ2n) is 11.8. The highest BCUT2D eigenvalue weighted by molar-refractivity contribution is 6.07. The van der Waals surface area contributed by atoms with Crippen molar-refractivity contribution in [3.8, 4) is 5.75 Å². The van der Waals surface area contributed by atoms with Crippen molar-refractivity contribution >= 4 is 17.5 Å². The molecule has 2 aliphatic heterocycles. The Hall–Kier alpha value is -2.86. The number of ether oxygens (including phenoxy) is 1. The van der Waals surface area contributed by atoms with Gasteiger partial charge in [0.1, 0.15) is 0 Å². The Labute approximate surface area is 227 Å². The van der Waals surface area contributed by atoms with Gasteiger partial charge in [0, 0.05) is 36.7 Å². The van der Waals surface area contributed by atoms with Crippen LogP contribution in [0, 0.1) is 11.3 Å². The highest BCUT2D eigenvalue weighted by Crippen LogP contribution is 2.40. The van der Waals surface area contributed by atoms with Crippen LogP contribution >= 0.6 is 0 Å². The van der Waals surface area contributed by atoms with E-state index in [0.717, 1.165) is 31.1 Å².